The average Bonchev–Trinajstić information content (AvgIpc) is 2.97. The van der Waals surface area contributed by atoms with Gasteiger partial charge in [-0.25, -0.2) is 12.8 Å². The van der Waals surface area contributed by atoms with Crippen molar-refractivity contribution in [3.63, 3.8) is 0 Å². The molecule has 27 heavy (non-hydrogen) atoms. The molecule has 2 aliphatic heterocycles. The van der Waals surface area contributed by atoms with E-state index >= 15 is 0 Å². The van der Waals surface area contributed by atoms with Gasteiger partial charge in [-0.2, -0.15) is 0 Å². The Bertz CT molecular complexity index is 760. The standard InChI is InChI=1S/C20H29FN2O3S/c1-2-23(19-8-11-27(25,26)15-19)20(24)14-22-9-6-16(7-10-22)12-17-4-3-5-18(21)13-17/h3-5,13,16,19H,2,6-12,14-15H2,1H3. The highest BCUT2D eigenvalue weighted by molar-refractivity contribution is 7.91. The van der Waals surface area contributed by atoms with Crippen LogP contribution in [0.4, 0.5) is 4.39 Å². The number of carbonyl (C=O) groups is 1. The number of sulfone groups is 1. The van der Waals surface area contributed by atoms with Crippen molar-refractivity contribution in [2.45, 2.75) is 38.6 Å². The smallest absolute Gasteiger partial charge is 0.237 e. The van der Waals surface area contributed by atoms with E-state index in [1.165, 1.54) is 6.07 Å². The topological polar surface area (TPSA) is 57.7 Å². The summed E-state index contributed by atoms with van der Waals surface area (Å²) in [6.07, 6.45) is 3.42. The molecule has 0 spiro atoms. The van der Waals surface area contributed by atoms with Gasteiger partial charge in [-0.3, -0.25) is 9.69 Å². The first-order valence-electron chi connectivity index (χ1n) is 9.83. The zero-order valence-corrected chi connectivity index (χ0v) is 16.8. The molecular formula is C20H29FN2O3S. The predicted molar refractivity (Wildman–Crippen MR) is 104 cm³/mol. The molecule has 0 aromatic heterocycles. The molecular weight excluding hydrogens is 367 g/mol. The van der Waals surface area contributed by atoms with Crippen molar-refractivity contribution in [3.8, 4) is 0 Å². The molecule has 5 nitrogen and oxygen atoms in total. The summed E-state index contributed by atoms with van der Waals surface area (Å²) < 4.78 is 36.7. The van der Waals surface area contributed by atoms with Crippen LogP contribution in [0.2, 0.25) is 0 Å². The van der Waals surface area contributed by atoms with E-state index in [1.807, 2.05) is 13.0 Å². The van der Waals surface area contributed by atoms with Gasteiger partial charge in [0.25, 0.3) is 0 Å². The number of piperidine rings is 1. The first-order valence-corrected chi connectivity index (χ1v) is 11.6. The maximum atomic E-state index is 13.3. The van der Waals surface area contributed by atoms with Gasteiger partial charge in [0, 0.05) is 12.6 Å². The van der Waals surface area contributed by atoms with Crippen molar-refractivity contribution in [3.05, 3.63) is 35.6 Å². The third kappa shape index (κ3) is 5.51. The molecule has 0 bridgehead atoms. The molecule has 1 aromatic rings. The Morgan fingerprint density at radius 1 is 1.26 bits per heavy atom. The molecule has 0 saturated carbocycles. The molecule has 150 valence electrons. The monoisotopic (exact) mass is 396 g/mol. The first-order chi connectivity index (χ1) is 12.9. The van der Waals surface area contributed by atoms with Gasteiger partial charge in [0.2, 0.25) is 5.91 Å². The van der Waals surface area contributed by atoms with E-state index in [0.29, 0.717) is 25.4 Å². The lowest BCUT2D eigenvalue weighted by Gasteiger charge is -2.34. The largest absolute Gasteiger partial charge is 0.338 e. The fraction of sp³-hybridized carbons (Fsp3) is 0.650. The average molecular weight is 397 g/mol. The molecule has 0 radical (unpaired) electrons. The number of hydrogen-bond acceptors (Lipinski definition) is 4. The van der Waals surface area contributed by atoms with Crippen LogP contribution in [0.25, 0.3) is 0 Å². The number of rotatable bonds is 6. The minimum atomic E-state index is -2.99. The highest BCUT2D eigenvalue weighted by Crippen LogP contribution is 2.23. The predicted octanol–water partition coefficient (Wildman–Crippen LogP) is 2.12. The second-order valence-electron chi connectivity index (χ2n) is 7.79. The number of benzene rings is 1. The fourth-order valence-electron chi connectivity index (χ4n) is 4.29. The summed E-state index contributed by atoms with van der Waals surface area (Å²) in [6, 6.07) is 6.62. The lowest BCUT2D eigenvalue weighted by molar-refractivity contribution is -0.134. The summed E-state index contributed by atoms with van der Waals surface area (Å²) >= 11 is 0. The number of hydrogen-bond donors (Lipinski definition) is 0. The van der Waals surface area contributed by atoms with E-state index in [4.69, 9.17) is 0 Å². The van der Waals surface area contributed by atoms with Gasteiger partial charge < -0.3 is 4.90 Å². The molecule has 2 fully saturated rings. The molecule has 3 rings (SSSR count). The van der Waals surface area contributed by atoms with Crippen LogP contribution in [0.5, 0.6) is 0 Å². The van der Waals surface area contributed by atoms with Crippen molar-refractivity contribution in [2.75, 3.05) is 37.7 Å². The quantitative estimate of drug-likeness (QED) is 0.739. The number of halogens is 1. The summed E-state index contributed by atoms with van der Waals surface area (Å²) in [5.74, 6) is 0.641. The van der Waals surface area contributed by atoms with Crippen molar-refractivity contribution in [1.29, 1.82) is 0 Å². The maximum Gasteiger partial charge on any atom is 0.237 e. The van der Waals surface area contributed by atoms with Crippen molar-refractivity contribution >= 4 is 15.7 Å². The SMILES string of the molecule is CCN(C(=O)CN1CCC(Cc2cccc(F)c2)CC1)C1CCS(=O)(=O)C1. The highest BCUT2D eigenvalue weighted by Gasteiger charge is 2.34. The molecule has 7 heteroatoms. The Morgan fingerprint density at radius 3 is 2.59 bits per heavy atom. The molecule has 2 aliphatic rings. The van der Waals surface area contributed by atoms with Gasteiger partial charge >= 0.3 is 0 Å². The van der Waals surface area contributed by atoms with Gasteiger partial charge in [-0.05, 0) is 69.3 Å². The molecule has 1 atom stereocenters. The summed E-state index contributed by atoms with van der Waals surface area (Å²) in [4.78, 5) is 16.6. The van der Waals surface area contributed by atoms with E-state index in [-0.39, 0.29) is 29.3 Å². The Kier molecular flexibility index (Phi) is 6.52. The number of amides is 1. The van der Waals surface area contributed by atoms with Crippen molar-refractivity contribution < 1.29 is 17.6 Å². The Morgan fingerprint density at radius 2 is 2.00 bits per heavy atom. The van der Waals surface area contributed by atoms with Gasteiger partial charge in [0.05, 0.1) is 18.1 Å². The van der Waals surface area contributed by atoms with Crippen LogP contribution in [0.3, 0.4) is 0 Å². The molecule has 1 unspecified atom stereocenters. The highest BCUT2D eigenvalue weighted by atomic mass is 32.2. The van der Waals surface area contributed by atoms with E-state index in [2.05, 4.69) is 4.90 Å². The Labute approximate surface area is 161 Å². The second-order valence-corrected chi connectivity index (χ2v) is 10.0. The van der Waals surface area contributed by atoms with Gasteiger partial charge in [0.15, 0.2) is 9.84 Å². The van der Waals surface area contributed by atoms with Gasteiger partial charge in [-0.1, -0.05) is 12.1 Å². The zero-order valence-electron chi connectivity index (χ0n) is 15.9. The van der Waals surface area contributed by atoms with Crippen LogP contribution >= 0.6 is 0 Å². The van der Waals surface area contributed by atoms with E-state index in [9.17, 15) is 17.6 Å². The van der Waals surface area contributed by atoms with Crippen molar-refractivity contribution in [1.82, 2.24) is 9.80 Å². The summed E-state index contributed by atoms with van der Waals surface area (Å²) in [6.45, 7) is 4.53. The molecule has 1 amide bonds. The summed E-state index contributed by atoms with van der Waals surface area (Å²) in [5.41, 5.74) is 1.03. The molecule has 2 heterocycles. The van der Waals surface area contributed by atoms with E-state index in [0.717, 1.165) is 37.9 Å². The molecule has 1 aromatic carbocycles. The maximum absolute atomic E-state index is 13.3. The molecule has 0 N–H and O–H groups in total. The van der Waals surface area contributed by atoms with E-state index < -0.39 is 9.84 Å². The molecule has 0 aliphatic carbocycles. The van der Waals surface area contributed by atoms with E-state index in [1.54, 1.807) is 17.0 Å². The van der Waals surface area contributed by atoms with Crippen LogP contribution in [0, 0.1) is 11.7 Å². The fourth-order valence-corrected chi connectivity index (χ4v) is 6.02. The first kappa shape index (κ1) is 20.3. The lowest BCUT2D eigenvalue weighted by Crippen LogP contribution is -2.47. The third-order valence-corrected chi connectivity index (χ3v) is 7.54. The van der Waals surface area contributed by atoms with Gasteiger partial charge in [-0.15, -0.1) is 0 Å². The number of carbonyl (C=O) groups excluding carboxylic acids is 1. The number of likely N-dealkylation sites (N-methyl/N-ethyl adjacent to an activating group) is 1. The Hall–Kier alpha value is -1.47. The van der Waals surface area contributed by atoms with Gasteiger partial charge in [0.1, 0.15) is 5.82 Å². The Balaban J connectivity index is 1.47. The number of likely N-dealkylation sites (tertiary alicyclic amines) is 1. The molecule has 2 saturated heterocycles. The van der Waals surface area contributed by atoms with Crippen LogP contribution < -0.4 is 0 Å². The van der Waals surface area contributed by atoms with Crippen LogP contribution in [-0.2, 0) is 21.1 Å². The normalized spacial score (nSPS) is 23.4. The second kappa shape index (κ2) is 8.69. The van der Waals surface area contributed by atoms with Crippen LogP contribution in [0.1, 0.15) is 31.7 Å². The summed E-state index contributed by atoms with van der Waals surface area (Å²) in [7, 11) is -2.99. The number of nitrogens with zero attached hydrogens (tertiary/aromatic N) is 2. The zero-order chi connectivity index (χ0) is 19.4. The minimum absolute atomic E-state index is 0.0307. The van der Waals surface area contributed by atoms with Crippen LogP contribution in [0.15, 0.2) is 24.3 Å². The lowest BCUT2D eigenvalue weighted by atomic mass is 9.90. The summed E-state index contributed by atoms with van der Waals surface area (Å²) in [5, 5.41) is 0. The minimum Gasteiger partial charge on any atom is -0.338 e. The van der Waals surface area contributed by atoms with Crippen LogP contribution in [-0.4, -0.2) is 67.9 Å². The van der Waals surface area contributed by atoms with Crippen molar-refractivity contribution in [2.24, 2.45) is 5.92 Å². The third-order valence-electron chi connectivity index (χ3n) is 5.79.